The zero-order chi connectivity index (χ0) is 12.8. The minimum atomic E-state index is 0.859. The Labute approximate surface area is 117 Å². The maximum absolute atomic E-state index is 5.43. The largest absolute Gasteiger partial charge is 0.363 e. The number of nitrogens with one attached hydrogen (secondary N) is 1. The third-order valence-corrected chi connectivity index (χ3v) is 4.62. The molecule has 1 aliphatic heterocycles. The Bertz CT molecular complexity index is 256. The fourth-order valence-corrected chi connectivity index (χ4v) is 3.36. The summed E-state index contributed by atoms with van der Waals surface area (Å²) in [6, 6.07) is 0.859. The predicted octanol–water partition coefficient (Wildman–Crippen LogP) is 2.22. The van der Waals surface area contributed by atoms with Gasteiger partial charge in [-0.3, -0.25) is 4.90 Å². The first kappa shape index (κ1) is 14.1. The highest BCUT2D eigenvalue weighted by Gasteiger charge is 2.25. The Morgan fingerprint density at radius 1 is 1.11 bits per heavy atom. The summed E-state index contributed by atoms with van der Waals surface area (Å²) in [4.78, 5) is 5.03. The highest BCUT2D eigenvalue weighted by molar-refractivity contribution is 7.80. The van der Waals surface area contributed by atoms with Crippen LogP contribution < -0.4 is 5.32 Å². The molecule has 18 heavy (non-hydrogen) atoms. The average molecular weight is 269 g/mol. The van der Waals surface area contributed by atoms with Gasteiger partial charge in [-0.25, -0.2) is 0 Å². The van der Waals surface area contributed by atoms with Crippen LogP contribution in [-0.2, 0) is 0 Å². The Kier molecular flexibility index (Phi) is 5.70. The number of thiocarbonyl (C=S) groups is 1. The number of hydrogen-bond donors (Lipinski definition) is 1. The van der Waals surface area contributed by atoms with Crippen molar-refractivity contribution in [2.75, 3.05) is 32.7 Å². The van der Waals surface area contributed by atoms with E-state index in [1.807, 2.05) is 0 Å². The van der Waals surface area contributed by atoms with Gasteiger partial charge in [-0.1, -0.05) is 26.2 Å². The molecule has 0 amide bonds. The fraction of sp³-hybridized carbons (Fsp3) is 0.929. The van der Waals surface area contributed by atoms with Crippen molar-refractivity contribution in [1.82, 2.24) is 15.1 Å². The van der Waals surface area contributed by atoms with E-state index in [-0.39, 0.29) is 0 Å². The van der Waals surface area contributed by atoms with Crippen molar-refractivity contribution in [2.24, 2.45) is 0 Å². The number of rotatable bonds is 3. The first-order valence-electron chi connectivity index (χ1n) is 7.58. The first-order valence-corrected chi connectivity index (χ1v) is 7.99. The number of piperazine rings is 1. The number of nitrogens with zero attached hydrogens (tertiary/aromatic N) is 2. The van der Waals surface area contributed by atoms with Crippen molar-refractivity contribution in [3.8, 4) is 0 Å². The first-order chi connectivity index (χ1) is 8.81. The monoisotopic (exact) mass is 269 g/mol. The molecule has 0 bridgehead atoms. The molecule has 104 valence electrons. The Hall–Kier alpha value is -0.350. The van der Waals surface area contributed by atoms with E-state index in [1.54, 1.807) is 0 Å². The van der Waals surface area contributed by atoms with Gasteiger partial charge < -0.3 is 10.2 Å². The van der Waals surface area contributed by atoms with E-state index in [4.69, 9.17) is 12.2 Å². The van der Waals surface area contributed by atoms with E-state index < -0.39 is 0 Å². The summed E-state index contributed by atoms with van der Waals surface area (Å²) in [5.41, 5.74) is 0. The molecule has 1 N–H and O–H groups in total. The van der Waals surface area contributed by atoms with Crippen LogP contribution in [0, 0.1) is 0 Å². The molecule has 1 saturated heterocycles. The Balaban J connectivity index is 1.71. The van der Waals surface area contributed by atoms with Crippen molar-refractivity contribution in [2.45, 2.75) is 51.5 Å². The predicted molar refractivity (Wildman–Crippen MR) is 80.9 cm³/mol. The lowest BCUT2D eigenvalue weighted by molar-refractivity contribution is 0.107. The van der Waals surface area contributed by atoms with Crippen LogP contribution in [0.2, 0.25) is 0 Å². The van der Waals surface area contributed by atoms with Crippen molar-refractivity contribution in [3.63, 3.8) is 0 Å². The fourth-order valence-electron chi connectivity index (χ4n) is 3.08. The summed E-state index contributed by atoms with van der Waals surface area (Å²) < 4.78 is 0. The molecule has 0 atom stereocenters. The number of hydrogen-bond acceptors (Lipinski definition) is 2. The highest BCUT2D eigenvalue weighted by atomic mass is 32.1. The van der Waals surface area contributed by atoms with Gasteiger partial charge in [0, 0.05) is 38.8 Å². The van der Waals surface area contributed by atoms with Gasteiger partial charge in [0.25, 0.3) is 0 Å². The van der Waals surface area contributed by atoms with Crippen LogP contribution in [0.4, 0.5) is 0 Å². The lowest BCUT2D eigenvalue weighted by Gasteiger charge is -2.41. The maximum atomic E-state index is 5.43. The van der Waals surface area contributed by atoms with Gasteiger partial charge in [0.1, 0.15) is 0 Å². The third kappa shape index (κ3) is 3.82. The quantitative estimate of drug-likeness (QED) is 0.792. The van der Waals surface area contributed by atoms with Crippen LogP contribution in [0.25, 0.3) is 0 Å². The van der Waals surface area contributed by atoms with Crippen molar-refractivity contribution < 1.29 is 0 Å². The molecule has 1 aliphatic carbocycles. The topological polar surface area (TPSA) is 18.5 Å². The van der Waals surface area contributed by atoms with E-state index in [9.17, 15) is 0 Å². The molecule has 2 aliphatic rings. The molecule has 1 saturated carbocycles. The SMILES string of the molecule is CCCNC(=S)N1CCN(C2CCCCC2)CC1. The van der Waals surface area contributed by atoms with E-state index in [2.05, 4.69) is 22.0 Å². The van der Waals surface area contributed by atoms with Crippen LogP contribution in [0.3, 0.4) is 0 Å². The van der Waals surface area contributed by atoms with Crippen molar-refractivity contribution >= 4 is 17.3 Å². The van der Waals surface area contributed by atoms with Crippen molar-refractivity contribution in [1.29, 1.82) is 0 Å². The molecule has 2 fully saturated rings. The molecule has 0 aromatic carbocycles. The van der Waals surface area contributed by atoms with Gasteiger partial charge in [-0.15, -0.1) is 0 Å². The van der Waals surface area contributed by atoms with Gasteiger partial charge in [0.2, 0.25) is 0 Å². The lowest BCUT2D eigenvalue weighted by atomic mass is 9.94. The minimum Gasteiger partial charge on any atom is -0.363 e. The molecule has 0 unspecified atom stereocenters. The molecule has 0 radical (unpaired) electrons. The summed E-state index contributed by atoms with van der Waals surface area (Å²) >= 11 is 5.43. The van der Waals surface area contributed by atoms with Crippen molar-refractivity contribution in [3.05, 3.63) is 0 Å². The van der Waals surface area contributed by atoms with E-state index in [0.29, 0.717) is 0 Å². The molecule has 4 heteroatoms. The van der Waals surface area contributed by atoms with E-state index in [0.717, 1.165) is 37.2 Å². The van der Waals surface area contributed by atoms with Crippen LogP contribution in [-0.4, -0.2) is 53.7 Å². The van der Waals surface area contributed by atoms with E-state index >= 15 is 0 Å². The smallest absolute Gasteiger partial charge is 0.169 e. The lowest BCUT2D eigenvalue weighted by Crippen LogP contribution is -2.54. The van der Waals surface area contributed by atoms with Gasteiger partial charge in [0.15, 0.2) is 5.11 Å². The summed E-state index contributed by atoms with van der Waals surface area (Å²) in [5.74, 6) is 0. The minimum absolute atomic E-state index is 0.859. The normalized spacial score (nSPS) is 23.1. The van der Waals surface area contributed by atoms with E-state index in [1.165, 1.54) is 45.2 Å². The van der Waals surface area contributed by atoms with Crippen LogP contribution >= 0.6 is 12.2 Å². The summed E-state index contributed by atoms with van der Waals surface area (Å²) in [6.07, 6.45) is 8.28. The average Bonchev–Trinajstić information content (AvgIpc) is 2.46. The molecule has 1 heterocycles. The second-order valence-corrected chi connectivity index (χ2v) is 5.93. The van der Waals surface area contributed by atoms with Crippen LogP contribution in [0.15, 0.2) is 0 Å². The maximum Gasteiger partial charge on any atom is 0.169 e. The molecule has 0 aromatic rings. The molecular formula is C14H27N3S. The van der Waals surface area contributed by atoms with Crippen LogP contribution in [0.1, 0.15) is 45.4 Å². The van der Waals surface area contributed by atoms with Gasteiger partial charge in [0.05, 0.1) is 0 Å². The Morgan fingerprint density at radius 3 is 2.39 bits per heavy atom. The molecular weight excluding hydrogens is 242 g/mol. The summed E-state index contributed by atoms with van der Waals surface area (Å²) in [5, 5.41) is 4.29. The Morgan fingerprint density at radius 2 is 1.78 bits per heavy atom. The zero-order valence-electron chi connectivity index (χ0n) is 11.7. The molecule has 2 rings (SSSR count). The van der Waals surface area contributed by atoms with Gasteiger partial charge in [-0.2, -0.15) is 0 Å². The van der Waals surface area contributed by atoms with Crippen LogP contribution in [0.5, 0.6) is 0 Å². The molecule has 0 spiro atoms. The third-order valence-electron chi connectivity index (χ3n) is 4.22. The van der Waals surface area contributed by atoms with Gasteiger partial charge in [-0.05, 0) is 31.5 Å². The zero-order valence-corrected chi connectivity index (χ0v) is 12.5. The highest BCUT2D eigenvalue weighted by Crippen LogP contribution is 2.23. The summed E-state index contributed by atoms with van der Waals surface area (Å²) in [7, 11) is 0. The molecule has 0 aromatic heterocycles. The second-order valence-electron chi connectivity index (χ2n) is 5.55. The summed E-state index contributed by atoms with van der Waals surface area (Å²) in [6.45, 7) is 7.77. The second kappa shape index (κ2) is 7.29. The standard InChI is InChI=1S/C14H27N3S/c1-2-8-15-14(18)17-11-9-16(10-12-17)13-6-4-3-5-7-13/h13H,2-12H2,1H3,(H,15,18). The molecule has 3 nitrogen and oxygen atoms in total. The van der Waals surface area contributed by atoms with Gasteiger partial charge >= 0.3 is 0 Å².